The van der Waals surface area contributed by atoms with E-state index in [1.165, 1.54) is 0 Å². The standard InChI is InChI=1S/C11H7FN4O5/c12-5-1-2-8(16(20)21)6(3-5)10(17)13-9-4-7(11(18)19)14-15-9/h1-4H,(H,18,19)(H2,13,14,15,17). The summed E-state index contributed by atoms with van der Waals surface area (Å²) in [4.78, 5) is 32.5. The van der Waals surface area contributed by atoms with Crippen molar-refractivity contribution in [1.29, 1.82) is 0 Å². The Morgan fingerprint density at radius 1 is 1.38 bits per heavy atom. The van der Waals surface area contributed by atoms with Crippen molar-refractivity contribution >= 4 is 23.4 Å². The first kappa shape index (κ1) is 14.1. The van der Waals surface area contributed by atoms with E-state index >= 15 is 0 Å². The Hall–Kier alpha value is -3.30. The molecule has 10 heteroatoms. The number of nitro benzene ring substituents is 1. The number of carbonyl (C=O) groups is 2. The highest BCUT2D eigenvalue weighted by Crippen LogP contribution is 2.20. The van der Waals surface area contributed by atoms with Crippen LogP contribution in [0.5, 0.6) is 0 Å². The molecule has 1 aromatic carbocycles. The maximum absolute atomic E-state index is 13.1. The topological polar surface area (TPSA) is 138 Å². The van der Waals surface area contributed by atoms with Crippen LogP contribution in [0.15, 0.2) is 24.3 Å². The van der Waals surface area contributed by atoms with Crippen LogP contribution < -0.4 is 5.32 Å². The number of aromatic nitrogens is 2. The maximum Gasteiger partial charge on any atom is 0.353 e. The molecule has 1 amide bonds. The zero-order valence-corrected chi connectivity index (χ0v) is 10.2. The Bertz CT molecular complexity index is 742. The highest BCUT2D eigenvalue weighted by atomic mass is 19.1. The molecule has 0 fully saturated rings. The second-order valence-electron chi connectivity index (χ2n) is 3.84. The third kappa shape index (κ3) is 3.00. The van der Waals surface area contributed by atoms with E-state index in [9.17, 15) is 24.1 Å². The Labute approximate surface area is 115 Å². The van der Waals surface area contributed by atoms with Gasteiger partial charge in [0.15, 0.2) is 5.82 Å². The Kier molecular flexibility index (Phi) is 3.61. The summed E-state index contributed by atoms with van der Waals surface area (Å²) in [5.41, 5.74) is -1.36. The molecule has 0 unspecified atom stereocenters. The lowest BCUT2D eigenvalue weighted by Gasteiger charge is -2.03. The van der Waals surface area contributed by atoms with Crippen molar-refractivity contribution in [2.45, 2.75) is 0 Å². The van der Waals surface area contributed by atoms with E-state index in [0.717, 1.165) is 18.2 Å². The van der Waals surface area contributed by atoms with Crippen molar-refractivity contribution in [3.63, 3.8) is 0 Å². The summed E-state index contributed by atoms with van der Waals surface area (Å²) >= 11 is 0. The number of carboxylic acid groups (broad SMARTS) is 1. The number of carboxylic acids is 1. The molecule has 0 saturated carbocycles. The number of hydrogen-bond donors (Lipinski definition) is 3. The van der Waals surface area contributed by atoms with E-state index in [4.69, 9.17) is 5.11 Å². The largest absolute Gasteiger partial charge is 0.477 e. The minimum atomic E-state index is -1.29. The summed E-state index contributed by atoms with van der Waals surface area (Å²) < 4.78 is 13.1. The molecule has 0 saturated heterocycles. The Balaban J connectivity index is 2.29. The number of aromatic amines is 1. The van der Waals surface area contributed by atoms with Crippen LogP contribution in [-0.4, -0.2) is 32.1 Å². The van der Waals surface area contributed by atoms with Crippen LogP contribution >= 0.6 is 0 Å². The number of rotatable bonds is 4. The van der Waals surface area contributed by atoms with Gasteiger partial charge in [-0.2, -0.15) is 5.10 Å². The lowest BCUT2D eigenvalue weighted by molar-refractivity contribution is -0.385. The molecular formula is C11H7FN4O5. The first-order valence-electron chi connectivity index (χ1n) is 5.42. The Morgan fingerprint density at radius 2 is 2.10 bits per heavy atom. The van der Waals surface area contributed by atoms with Crippen molar-refractivity contribution in [3.05, 3.63) is 51.5 Å². The van der Waals surface area contributed by atoms with E-state index in [1.54, 1.807) is 0 Å². The van der Waals surface area contributed by atoms with Gasteiger partial charge in [-0.1, -0.05) is 0 Å². The van der Waals surface area contributed by atoms with Crippen LogP contribution in [0.1, 0.15) is 20.8 Å². The molecule has 0 aliphatic rings. The summed E-state index contributed by atoms with van der Waals surface area (Å²) in [5, 5.41) is 27.2. The van der Waals surface area contributed by atoms with Gasteiger partial charge < -0.3 is 10.4 Å². The quantitative estimate of drug-likeness (QED) is 0.575. The maximum atomic E-state index is 13.1. The molecule has 1 aromatic heterocycles. The molecule has 9 nitrogen and oxygen atoms in total. The predicted octanol–water partition coefficient (Wildman–Crippen LogP) is 1.41. The molecule has 0 bridgehead atoms. The molecule has 1 heterocycles. The van der Waals surface area contributed by atoms with Gasteiger partial charge in [-0.25, -0.2) is 9.18 Å². The number of hydrogen-bond acceptors (Lipinski definition) is 5. The number of anilines is 1. The number of nitro groups is 1. The van der Waals surface area contributed by atoms with Crippen LogP contribution in [0.25, 0.3) is 0 Å². The lowest BCUT2D eigenvalue weighted by atomic mass is 10.1. The number of aromatic carboxylic acids is 1. The molecule has 3 N–H and O–H groups in total. The molecule has 0 aliphatic heterocycles. The molecular weight excluding hydrogens is 287 g/mol. The number of benzene rings is 1. The number of H-pyrrole nitrogens is 1. The molecule has 2 aromatic rings. The second-order valence-corrected chi connectivity index (χ2v) is 3.84. The lowest BCUT2D eigenvalue weighted by Crippen LogP contribution is -2.14. The summed E-state index contributed by atoms with van der Waals surface area (Å²) in [6, 6.07) is 3.44. The number of carbonyl (C=O) groups excluding carboxylic acids is 1. The monoisotopic (exact) mass is 294 g/mol. The average Bonchev–Trinajstić information content (AvgIpc) is 2.86. The first-order valence-corrected chi connectivity index (χ1v) is 5.42. The van der Waals surface area contributed by atoms with Crippen molar-refractivity contribution in [2.75, 3.05) is 5.32 Å². The van der Waals surface area contributed by atoms with Crippen LogP contribution in [-0.2, 0) is 0 Å². The fourth-order valence-corrected chi connectivity index (χ4v) is 1.53. The molecule has 0 radical (unpaired) electrons. The van der Waals surface area contributed by atoms with Gasteiger partial charge in [0.25, 0.3) is 11.6 Å². The van der Waals surface area contributed by atoms with Gasteiger partial charge in [0.1, 0.15) is 17.1 Å². The van der Waals surface area contributed by atoms with Gasteiger partial charge in [0, 0.05) is 12.1 Å². The SMILES string of the molecule is O=C(O)c1cc(NC(=O)c2cc(F)ccc2[N+](=O)[O-])n[nH]1. The molecule has 0 atom stereocenters. The van der Waals surface area contributed by atoms with Gasteiger partial charge in [0.05, 0.1) is 4.92 Å². The minimum Gasteiger partial charge on any atom is -0.477 e. The normalized spacial score (nSPS) is 10.1. The molecule has 108 valence electrons. The minimum absolute atomic E-state index is 0.157. The van der Waals surface area contributed by atoms with Crippen molar-refractivity contribution in [1.82, 2.24) is 10.2 Å². The third-order valence-corrected chi connectivity index (χ3v) is 2.45. The third-order valence-electron chi connectivity index (χ3n) is 2.45. The van der Waals surface area contributed by atoms with Crippen LogP contribution in [0.2, 0.25) is 0 Å². The van der Waals surface area contributed by atoms with Crippen LogP contribution in [0.4, 0.5) is 15.9 Å². The fourth-order valence-electron chi connectivity index (χ4n) is 1.53. The summed E-state index contributed by atoms with van der Waals surface area (Å²) in [6.07, 6.45) is 0. The predicted molar refractivity (Wildman–Crippen MR) is 66.6 cm³/mol. The highest BCUT2D eigenvalue weighted by Gasteiger charge is 2.22. The van der Waals surface area contributed by atoms with Crippen LogP contribution in [0, 0.1) is 15.9 Å². The van der Waals surface area contributed by atoms with Gasteiger partial charge in [0.2, 0.25) is 0 Å². The van der Waals surface area contributed by atoms with Gasteiger partial charge >= 0.3 is 5.97 Å². The average molecular weight is 294 g/mol. The molecule has 0 aliphatic carbocycles. The number of halogens is 1. The first-order chi connectivity index (χ1) is 9.88. The number of nitrogens with zero attached hydrogens (tertiary/aromatic N) is 2. The fraction of sp³-hybridized carbons (Fsp3) is 0. The number of nitrogens with one attached hydrogen (secondary N) is 2. The van der Waals surface area contributed by atoms with E-state index in [0.29, 0.717) is 6.07 Å². The Morgan fingerprint density at radius 3 is 2.67 bits per heavy atom. The summed E-state index contributed by atoms with van der Waals surface area (Å²) in [7, 11) is 0. The van der Waals surface area contributed by atoms with E-state index in [-0.39, 0.29) is 11.5 Å². The smallest absolute Gasteiger partial charge is 0.353 e. The summed E-state index contributed by atoms with van der Waals surface area (Å²) in [5.74, 6) is -3.25. The van der Waals surface area contributed by atoms with E-state index < -0.39 is 33.9 Å². The zero-order valence-electron chi connectivity index (χ0n) is 10.2. The summed E-state index contributed by atoms with van der Waals surface area (Å²) in [6.45, 7) is 0. The van der Waals surface area contributed by atoms with E-state index in [1.807, 2.05) is 0 Å². The van der Waals surface area contributed by atoms with Gasteiger partial charge in [-0.3, -0.25) is 20.0 Å². The van der Waals surface area contributed by atoms with Gasteiger partial charge in [-0.15, -0.1) is 0 Å². The van der Waals surface area contributed by atoms with Crippen molar-refractivity contribution in [2.24, 2.45) is 0 Å². The molecule has 0 spiro atoms. The van der Waals surface area contributed by atoms with E-state index in [2.05, 4.69) is 15.5 Å². The van der Waals surface area contributed by atoms with Crippen molar-refractivity contribution < 1.29 is 24.0 Å². The molecule has 21 heavy (non-hydrogen) atoms. The van der Waals surface area contributed by atoms with Gasteiger partial charge in [-0.05, 0) is 12.1 Å². The highest BCUT2D eigenvalue weighted by molar-refractivity contribution is 6.06. The second kappa shape index (κ2) is 5.36. The van der Waals surface area contributed by atoms with Crippen LogP contribution in [0.3, 0.4) is 0 Å². The van der Waals surface area contributed by atoms with Crippen molar-refractivity contribution in [3.8, 4) is 0 Å². The number of amides is 1. The zero-order chi connectivity index (χ0) is 15.6. The molecule has 2 rings (SSSR count).